The van der Waals surface area contributed by atoms with Crippen LogP contribution in [0.15, 0.2) is 48.8 Å². The maximum absolute atomic E-state index is 10.6. The van der Waals surface area contributed by atoms with E-state index in [-0.39, 0.29) is 6.42 Å². The van der Waals surface area contributed by atoms with Crippen molar-refractivity contribution in [3.63, 3.8) is 0 Å². The smallest absolute Gasteiger partial charge is 0.307 e. The lowest BCUT2D eigenvalue weighted by molar-refractivity contribution is -0.136. The average Bonchev–Trinajstić information content (AvgIpc) is 2.41. The summed E-state index contributed by atoms with van der Waals surface area (Å²) in [5.41, 5.74) is 4.07. The maximum atomic E-state index is 10.6. The highest BCUT2D eigenvalue weighted by molar-refractivity contribution is 5.80. The van der Waals surface area contributed by atoms with Gasteiger partial charge in [-0.3, -0.25) is 9.78 Å². The van der Waals surface area contributed by atoms with Crippen molar-refractivity contribution < 1.29 is 9.90 Å². The maximum Gasteiger partial charge on any atom is 0.307 e. The summed E-state index contributed by atoms with van der Waals surface area (Å²) in [6.07, 6.45) is 5.69. The van der Waals surface area contributed by atoms with Crippen LogP contribution in [0.5, 0.6) is 0 Å². The molecular formula is C16H15NO2. The van der Waals surface area contributed by atoms with E-state index >= 15 is 0 Å². The molecule has 0 unspecified atom stereocenters. The molecule has 0 amide bonds. The monoisotopic (exact) mass is 253 g/mol. The molecule has 0 aliphatic rings. The van der Waals surface area contributed by atoms with E-state index in [2.05, 4.69) is 11.1 Å². The number of rotatable bonds is 4. The number of allylic oxidation sites excluding steroid dienone is 1. The third-order valence-electron chi connectivity index (χ3n) is 2.84. The summed E-state index contributed by atoms with van der Waals surface area (Å²) in [5, 5.41) is 8.71. The van der Waals surface area contributed by atoms with Gasteiger partial charge in [-0.05, 0) is 35.3 Å². The van der Waals surface area contributed by atoms with Crippen molar-refractivity contribution in [3.8, 4) is 0 Å². The van der Waals surface area contributed by atoms with E-state index in [1.165, 1.54) is 0 Å². The highest BCUT2D eigenvalue weighted by Crippen LogP contribution is 2.17. The lowest BCUT2D eigenvalue weighted by atomic mass is 10.0. The zero-order valence-electron chi connectivity index (χ0n) is 10.7. The number of aliphatic carboxylic acids is 1. The molecule has 0 saturated heterocycles. The summed E-state index contributed by atoms with van der Waals surface area (Å²) in [6.45, 7) is 2.03. The fourth-order valence-corrected chi connectivity index (χ4v) is 1.84. The Morgan fingerprint density at radius 2 is 2.00 bits per heavy atom. The number of carboxylic acids is 1. The van der Waals surface area contributed by atoms with Crippen molar-refractivity contribution in [3.05, 3.63) is 65.5 Å². The van der Waals surface area contributed by atoms with Gasteiger partial charge in [0.1, 0.15) is 0 Å². The second-order valence-corrected chi connectivity index (χ2v) is 4.38. The molecule has 0 spiro atoms. The quantitative estimate of drug-likeness (QED) is 0.909. The van der Waals surface area contributed by atoms with E-state index in [0.29, 0.717) is 0 Å². The van der Waals surface area contributed by atoms with E-state index < -0.39 is 5.97 Å². The number of nitrogens with zero attached hydrogens (tertiary/aromatic N) is 1. The minimum atomic E-state index is -0.810. The van der Waals surface area contributed by atoms with Gasteiger partial charge in [-0.1, -0.05) is 36.4 Å². The van der Waals surface area contributed by atoms with Crippen LogP contribution in [0.1, 0.15) is 23.6 Å². The number of carbonyl (C=O) groups is 1. The molecule has 0 bridgehead atoms. The molecule has 0 saturated carbocycles. The third-order valence-corrected chi connectivity index (χ3v) is 2.84. The van der Waals surface area contributed by atoms with E-state index in [9.17, 15) is 4.79 Å². The zero-order valence-corrected chi connectivity index (χ0v) is 10.7. The van der Waals surface area contributed by atoms with Gasteiger partial charge in [0.15, 0.2) is 0 Å². The molecule has 96 valence electrons. The Morgan fingerprint density at radius 1 is 1.26 bits per heavy atom. The molecule has 0 aliphatic carbocycles. The first-order chi connectivity index (χ1) is 9.15. The second-order valence-electron chi connectivity index (χ2n) is 4.38. The molecule has 2 aromatic rings. The van der Waals surface area contributed by atoms with Crippen LogP contribution in [0.3, 0.4) is 0 Å². The fraction of sp³-hybridized carbons (Fsp3) is 0.125. The van der Waals surface area contributed by atoms with Gasteiger partial charge in [0.05, 0.1) is 6.42 Å². The summed E-state index contributed by atoms with van der Waals surface area (Å²) >= 11 is 0. The summed E-state index contributed by atoms with van der Waals surface area (Å²) in [7, 11) is 0. The number of benzene rings is 1. The van der Waals surface area contributed by atoms with Crippen molar-refractivity contribution in [1.82, 2.24) is 4.98 Å². The van der Waals surface area contributed by atoms with Crippen LogP contribution < -0.4 is 0 Å². The molecule has 1 N–H and O–H groups in total. The molecule has 2 rings (SSSR count). The molecule has 1 aromatic heterocycles. The lowest BCUT2D eigenvalue weighted by Gasteiger charge is -2.02. The summed E-state index contributed by atoms with van der Waals surface area (Å²) in [5.74, 6) is -0.810. The summed E-state index contributed by atoms with van der Waals surface area (Å²) < 4.78 is 0. The lowest BCUT2D eigenvalue weighted by Crippen LogP contribution is -1.99. The Hall–Kier alpha value is -2.42. The summed E-state index contributed by atoms with van der Waals surface area (Å²) in [6, 6.07) is 11.5. The highest BCUT2D eigenvalue weighted by Gasteiger charge is 2.00. The minimum absolute atomic E-state index is 0.0611. The Balaban J connectivity index is 2.17. The van der Waals surface area contributed by atoms with Gasteiger partial charge in [0.2, 0.25) is 0 Å². The van der Waals surface area contributed by atoms with Crippen LogP contribution in [0, 0.1) is 0 Å². The molecule has 19 heavy (non-hydrogen) atoms. The topological polar surface area (TPSA) is 50.2 Å². The first-order valence-electron chi connectivity index (χ1n) is 6.04. The van der Waals surface area contributed by atoms with Crippen LogP contribution in [0.25, 0.3) is 11.6 Å². The molecule has 1 aromatic carbocycles. The Morgan fingerprint density at radius 3 is 2.58 bits per heavy atom. The number of pyridine rings is 1. The standard InChI is InChI=1S/C16H15NO2/c1-12(15-3-2-8-17-11-15)9-13-4-6-14(7-5-13)10-16(18)19/h2-9,11H,10H2,1H3,(H,18,19)/b12-9+. The zero-order chi connectivity index (χ0) is 13.7. The van der Waals surface area contributed by atoms with Gasteiger partial charge in [-0.2, -0.15) is 0 Å². The average molecular weight is 253 g/mol. The first-order valence-corrected chi connectivity index (χ1v) is 6.04. The van der Waals surface area contributed by atoms with Gasteiger partial charge in [-0.25, -0.2) is 0 Å². The van der Waals surface area contributed by atoms with E-state index in [0.717, 1.165) is 22.3 Å². The first kappa shape index (κ1) is 13.0. The Labute approximate surface area is 112 Å². The van der Waals surface area contributed by atoms with Crippen LogP contribution in [-0.2, 0) is 11.2 Å². The van der Waals surface area contributed by atoms with Crippen molar-refractivity contribution in [2.24, 2.45) is 0 Å². The molecule has 3 heteroatoms. The highest BCUT2D eigenvalue weighted by atomic mass is 16.4. The number of carboxylic acid groups (broad SMARTS) is 1. The molecule has 0 aliphatic heterocycles. The molecule has 0 atom stereocenters. The molecule has 0 radical (unpaired) electrons. The summed E-state index contributed by atoms with van der Waals surface area (Å²) in [4.78, 5) is 14.7. The number of aromatic nitrogens is 1. The van der Waals surface area contributed by atoms with Crippen molar-refractivity contribution in [2.75, 3.05) is 0 Å². The van der Waals surface area contributed by atoms with Crippen LogP contribution in [0.4, 0.5) is 0 Å². The van der Waals surface area contributed by atoms with Crippen molar-refractivity contribution in [2.45, 2.75) is 13.3 Å². The third kappa shape index (κ3) is 3.78. The van der Waals surface area contributed by atoms with Crippen LogP contribution >= 0.6 is 0 Å². The molecular weight excluding hydrogens is 238 g/mol. The van der Waals surface area contributed by atoms with Gasteiger partial charge in [0.25, 0.3) is 0 Å². The largest absolute Gasteiger partial charge is 0.481 e. The fourth-order valence-electron chi connectivity index (χ4n) is 1.84. The molecule has 1 heterocycles. The predicted molar refractivity (Wildman–Crippen MR) is 75.6 cm³/mol. The predicted octanol–water partition coefficient (Wildman–Crippen LogP) is 3.27. The van der Waals surface area contributed by atoms with Crippen LogP contribution in [-0.4, -0.2) is 16.1 Å². The van der Waals surface area contributed by atoms with Gasteiger partial charge >= 0.3 is 5.97 Å². The SMILES string of the molecule is C/C(=C\c1ccc(CC(=O)O)cc1)c1cccnc1. The normalized spacial score (nSPS) is 11.3. The molecule has 0 fully saturated rings. The Bertz CT molecular complexity index is 586. The Kier molecular flexibility index (Phi) is 4.08. The van der Waals surface area contributed by atoms with E-state index in [1.807, 2.05) is 49.5 Å². The van der Waals surface area contributed by atoms with Gasteiger partial charge in [0, 0.05) is 12.4 Å². The van der Waals surface area contributed by atoms with E-state index in [1.54, 1.807) is 6.20 Å². The molecule has 3 nitrogen and oxygen atoms in total. The van der Waals surface area contributed by atoms with E-state index in [4.69, 9.17) is 5.11 Å². The van der Waals surface area contributed by atoms with Gasteiger partial charge in [-0.15, -0.1) is 0 Å². The second kappa shape index (κ2) is 5.96. The van der Waals surface area contributed by atoms with Crippen molar-refractivity contribution in [1.29, 1.82) is 0 Å². The van der Waals surface area contributed by atoms with Crippen molar-refractivity contribution >= 4 is 17.6 Å². The minimum Gasteiger partial charge on any atom is -0.481 e. The number of hydrogen-bond acceptors (Lipinski definition) is 2. The van der Waals surface area contributed by atoms with Gasteiger partial charge < -0.3 is 5.11 Å². The van der Waals surface area contributed by atoms with Crippen LogP contribution in [0.2, 0.25) is 0 Å². The number of hydrogen-bond donors (Lipinski definition) is 1.